The van der Waals surface area contributed by atoms with E-state index in [9.17, 15) is 18.1 Å². The number of rotatable bonds is 7. The second kappa shape index (κ2) is 8.51. The molecule has 0 unspecified atom stereocenters. The van der Waals surface area contributed by atoms with Gasteiger partial charge >= 0.3 is 5.97 Å². The summed E-state index contributed by atoms with van der Waals surface area (Å²) < 4.78 is 53.5. The fourth-order valence-corrected chi connectivity index (χ4v) is 3.18. The number of hydrogen-bond donors (Lipinski definition) is 2. The summed E-state index contributed by atoms with van der Waals surface area (Å²) in [6.07, 6.45) is -2.02. The lowest BCUT2D eigenvalue weighted by Crippen LogP contribution is -2.45. The van der Waals surface area contributed by atoms with Gasteiger partial charge in [0.1, 0.15) is 28.5 Å². The topological polar surface area (TPSA) is 90.9 Å². The van der Waals surface area contributed by atoms with Crippen molar-refractivity contribution in [1.29, 1.82) is 0 Å². The zero-order valence-corrected chi connectivity index (χ0v) is 15.6. The van der Waals surface area contributed by atoms with E-state index >= 15 is 0 Å². The van der Waals surface area contributed by atoms with Crippen molar-refractivity contribution in [3.05, 3.63) is 29.6 Å². The molecule has 6 nitrogen and oxygen atoms in total. The van der Waals surface area contributed by atoms with Gasteiger partial charge in [-0.25, -0.2) is 13.6 Å². The quantitative estimate of drug-likeness (QED) is 0.694. The van der Waals surface area contributed by atoms with E-state index in [1.807, 2.05) is 0 Å². The molecule has 1 aliphatic heterocycles. The summed E-state index contributed by atoms with van der Waals surface area (Å²) in [6, 6.07) is 2.06. The van der Waals surface area contributed by atoms with E-state index in [4.69, 9.17) is 14.6 Å². The molecule has 1 heterocycles. The molecule has 2 N–H and O–H groups in total. The van der Waals surface area contributed by atoms with E-state index in [0.29, 0.717) is 19.6 Å². The summed E-state index contributed by atoms with van der Waals surface area (Å²) in [5.74, 6) is -2.32. The van der Waals surface area contributed by atoms with Gasteiger partial charge in [0, 0.05) is 23.3 Å². The summed E-state index contributed by atoms with van der Waals surface area (Å²) in [7, 11) is 0. The van der Waals surface area contributed by atoms with Gasteiger partial charge in [-0.15, -0.1) is 4.72 Å². The highest BCUT2D eigenvalue weighted by atomic mass is 32.2. The van der Waals surface area contributed by atoms with Gasteiger partial charge in [-0.2, -0.15) is 0 Å². The number of aliphatic carboxylic acids is 1. The van der Waals surface area contributed by atoms with Gasteiger partial charge < -0.3 is 19.1 Å². The number of benzene rings is 1. The second-order valence-electron chi connectivity index (χ2n) is 7.00. The molecule has 4 atom stereocenters. The highest BCUT2D eigenvalue weighted by Gasteiger charge is 2.38. The number of nitrogens with one attached hydrogen (secondary N) is 1. The van der Waals surface area contributed by atoms with E-state index < -0.39 is 40.1 Å². The van der Waals surface area contributed by atoms with Gasteiger partial charge in [-0.05, 0) is 39.0 Å². The number of carboxylic acid groups (broad SMARTS) is 1. The van der Waals surface area contributed by atoms with Crippen molar-refractivity contribution >= 4 is 17.3 Å². The van der Waals surface area contributed by atoms with Gasteiger partial charge in [0.2, 0.25) is 6.17 Å². The smallest absolute Gasteiger partial charge is 0.340 e. The first-order valence-electron chi connectivity index (χ1n) is 8.18. The van der Waals surface area contributed by atoms with E-state index in [-0.39, 0.29) is 17.4 Å². The molecule has 1 saturated heterocycles. The third-order valence-corrected chi connectivity index (χ3v) is 5.39. The Morgan fingerprint density at radius 3 is 2.73 bits per heavy atom. The summed E-state index contributed by atoms with van der Waals surface area (Å²) in [5.41, 5.74) is -0.256. The lowest BCUT2D eigenvalue weighted by molar-refractivity contribution is -0.143. The van der Waals surface area contributed by atoms with Crippen molar-refractivity contribution in [1.82, 2.24) is 4.72 Å². The van der Waals surface area contributed by atoms with Crippen LogP contribution in [0.1, 0.15) is 38.8 Å². The van der Waals surface area contributed by atoms with Crippen molar-refractivity contribution in [3.63, 3.8) is 0 Å². The van der Waals surface area contributed by atoms with Crippen LogP contribution in [0.2, 0.25) is 0 Å². The Bertz CT molecular complexity index is 634. The Balaban J connectivity index is 2.31. The van der Waals surface area contributed by atoms with Crippen molar-refractivity contribution in [2.45, 2.75) is 50.3 Å². The Labute approximate surface area is 154 Å². The number of halogens is 2. The minimum Gasteiger partial charge on any atom is -0.598 e. The molecule has 0 aliphatic carbocycles. The van der Waals surface area contributed by atoms with Crippen LogP contribution in [0.15, 0.2) is 18.2 Å². The highest BCUT2D eigenvalue weighted by Crippen LogP contribution is 2.30. The molecule has 0 bridgehead atoms. The molecule has 0 spiro atoms. The average Bonchev–Trinajstić information content (AvgIpc) is 3.05. The van der Waals surface area contributed by atoms with Gasteiger partial charge in [0.25, 0.3) is 0 Å². The maximum absolute atomic E-state index is 14.3. The first-order valence-corrected chi connectivity index (χ1v) is 9.33. The summed E-state index contributed by atoms with van der Waals surface area (Å²) in [4.78, 5) is 11.1. The largest absolute Gasteiger partial charge is 0.598 e. The van der Waals surface area contributed by atoms with Crippen LogP contribution < -0.4 is 9.46 Å². The lowest BCUT2D eigenvalue weighted by atomic mass is 10.0. The maximum Gasteiger partial charge on any atom is 0.340 e. The predicted octanol–water partition coefficient (Wildman–Crippen LogP) is 2.51. The van der Waals surface area contributed by atoms with Crippen LogP contribution >= 0.6 is 0 Å². The Kier molecular flexibility index (Phi) is 6.84. The molecule has 0 aromatic heterocycles. The third-order valence-electron chi connectivity index (χ3n) is 3.81. The first kappa shape index (κ1) is 20.9. The summed E-state index contributed by atoms with van der Waals surface area (Å²) in [6.45, 7) is 5.85. The number of carbonyl (C=O) groups is 1. The number of carboxylic acids is 1. The monoisotopic (exact) mass is 391 g/mol. The molecule has 146 valence electrons. The summed E-state index contributed by atoms with van der Waals surface area (Å²) >= 11 is -1.80. The molecule has 0 saturated carbocycles. The Morgan fingerprint density at radius 2 is 2.19 bits per heavy atom. The minimum absolute atomic E-state index is 0.205. The maximum atomic E-state index is 14.3. The minimum atomic E-state index is -2.49. The van der Waals surface area contributed by atoms with Crippen LogP contribution in [-0.2, 0) is 20.9 Å². The number of hydrogen-bond acceptors (Lipinski definition) is 5. The number of ether oxygens (including phenoxy) is 2. The zero-order chi connectivity index (χ0) is 19.5. The van der Waals surface area contributed by atoms with Gasteiger partial charge in [0.05, 0.1) is 13.2 Å². The zero-order valence-electron chi connectivity index (χ0n) is 14.8. The third kappa shape index (κ3) is 5.29. The Morgan fingerprint density at radius 1 is 1.50 bits per heavy atom. The standard InChI is InChI=1S/C17H23F2NO5S/c1-17(2,3)26(23)20-15(14(19)16(21)22)12-8-10(4-5-13(12)18)25-11-6-7-24-9-11/h4-5,8,11,14-15,20H,6-7,9H2,1-3H3,(H,21,22)/t11-,14+,15-,26+/m0/s1. The van der Waals surface area contributed by atoms with Crippen molar-refractivity contribution in [3.8, 4) is 5.75 Å². The molecule has 1 fully saturated rings. The molecule has 9 heteroatoms. The fourth-order valence-electron chi connectivity index (χ4n) is 2.35. The Hall–Kier alpha value is -1.42. The van der Waals surface area contributed by atoms with E-state index in [1.54, 1.807) is 20.8 Å². The van der Waals surface area contributed by atoms with Crippen molar-refractivity contribution in [2.75, 3.05) is 13.2 Å². The van der Waals surface area contributed by atoms with Crippen LogP contribution in [-0.4, -0.2) is 45.9 Å². The van der Waals surface area contributed by atoms with Crippen LogP contribution in [0.25, 0.3) is 0 Å². The molecule has 1 aliphatic rings. The number of alkyl halides is 1. The van der Waals surface area contributed by atoms with Crippen molar-refractivity contribution in [2.24, 2.45) is 0 Å². The molecule has 2 rings (SSSR count). The van der Waals surface area contributed by atoms with E-state index in [0.717, 1.165) is 6.07 Å². The van der Waals surface area contributed by atoms with Crippen LogP contribution in [0.3, 0.4) is 0 Å². The molecule has 0 amide bonds. The molecular formula is C17H23F2NO5S. The summed E-state index contributed by atoms with van der Waals surface area (Å²) in [5, 5.41) is 9.04. The molecule has 1 aromatic rings. The van der Waals surface area contributed by atoms with Crippen LogP contribution in [0, 0.1) is 5.82 Å². The highest BCUT2D eigenvalue weighted by molar-refractivity contribution is 7.90. The second-order valence-corrected chi connectivity index (χ2v) is 9.00. The van der Waals surface area contributed by atoms with Gasteiger partial charge in [-0.1, -0.05) is 0 Å². The van der Waals surface area contributed by atoms with Crippen molar-refractivity contribution < 1.29 is 32.7 Å². The van der Waals surface area contributed by atoms with E-state index in [2.05, 4.69) is 4.72 Å². The molecule has 1 aromatic carbocycles. The predicted molar refractivity (Wildman–Crippen MR) is 92.6 cm³/mol. The fraction of sp³-hybridized carbons (Fsp3) is 0.588. The van der Waals surface area contributed by atoms with Crippen LogP contribution in [0.5, 0.6) is 5.75 Å². The lowest BCUT2D eigenvalue weighted by Gasteiger charge is -2.29. The first-order chi connectivity index (χ1) is 12.1. The van der Waals surface area contributed by atoms with Gasteiger partial charge in [0.15, 0.2) is 0 Å². The molecular weight excluding hydrogens is 368 g/mol. The van der Waals surface area contributed by atoms with Gasteiger partial charge in [-0.3, -0.25) is 0 Å². The average molecular weight is 391 g/mol. The molecule has 26 heavy (non-hydrogen) atoms. The normalized spacial score (nSPS) is 21.2. The van der Waals surface area contributed by atoms with E-state index in [1.165, 1.54) is 12.1 Å². The SMILES string of the molecule is CC(C)(C)[S@@+]([O-])N[C@@H](c1cc(O[C@H]2CCOC2)ccc1F)[C@@H](F)C(=O)O. The van der Waals surface area contributed by atoms with Crippen LogP contribution in [0.4, 0.5) is 8.78 Å². The molecule has 0 radical (unpaired) electrons.